The molecule has 48 valence electrons. The van der Waals surface area contributed by atoms with E-state index in [1.54, 1.807) is 4.57 Å². The van der Waals surface area contributed by atoms with Gasteiger partial charge >= 0.3 is 0 Å². The van der Waals surface area contributed by atoms with E-state index in [9.17, 15) is 4.39 Å². The van der Waals surface area contributed by atoms with Crippen molar-refractivity contribution in [1.29, 1.82) is 0 Å². The summed E-state index contributed by atoms with van der Waals surface area (Å²) in [6.45, 7) is 2.10. The summed E-state index contributed by atoms with van der Waals surface area (Å²) in [6.07, 6.45) is 5.07. The summed E-state index contributed by atoms with van der Waals surface area (Å²) in [5.74, 6) is 0. The van der Waals surface area contributed by atoms with Crippen LogP contribution in [0.2, 0.25) is 0 Å². The quantitative estimate of drug-likeness (QED) is 0.577. The molecule has 0 bridgehead atoms. The number of imidazole rings is 1. The van der Waals surface area contributed by atoms with Crippen molar-refractivity contribution in [1.82, 2.24) is 9.55 Å². The molecule has 0 unspecified atom stereocenters. The minimum absolute atomic E-state index is 0.470. The summed E-state index contributed by atoms with van der Waals surface area (Å²) < 4.78 is 13.5. The number of hydrogen-bond acceptors (Lipinski definition) is 1. The Balaban J connectivity index is 2.85. The molecule has 2 nitrogen and oxygen atoms in total. The number of rotatable bonds is 2. The summed E-state index contributed by atoms with van der Waals surface area (Å²) in [5.41, 5.74) is 0.470. The van der Waals surface area contributed by atoms with E-state index in [0.29, 0.717) is 12.2 Å². The molecule has 1 aromatic rings. The lowest BCUT2D eigenvalue weighted by atomic mass is 10.5. The van der Waals surface area contributed by atoms with Gasteiger partial charge in [-0.3, -0.25) is 0 Å². The molecule has 0 saturated heterocycles. The molecular formula is C6H7FN2. The highest BCUT2D eigenvalue weighted by Crippen LogP contribution is 1.97. The molecule has 0 aliphatic rings. The average molecular weight is 126 g/mol. The second-order valence-corrected chi connectivity index (χ2v) is 1.65. The number of alkyl halides is 1. The van der Waals surface area contributed by atoms with Crippen molar-refractivity contribution < 1.29 is 4.39 Å². The zero-order chi connectivity index (χ0) is 6.69. The van der Waals surface area contributed by atoms with Gasteiger partial charge in [0.25, 0.3) is 0 Å². The second kappa shape index (κ2) is 2.62. The van der Waals surface area contributed by atoms with E-state index in [-0.39, 0.29) is 0 Å². The summed E-state index contributed by atoms with van der Waals surface area (Å²) in [4.78, 5) is 3.54. The van der Waals surface area contributed by atoms with E-state index in [1.165, 1.54) is 0 Å². The summed E-state index contributed by atoms with van der Waals surface area (Å²) in [5, 5.41) is 0. The van der Waals surface area contributed by atoms with E-state index in [2.05, 4.69) is 17.5 Å². The molecule has 0 fully saturated rings. The molecule has 0 aliphatic heterocycles. The Morgan fingerprint density at radius 1 is 1.78 bits per heavy atom. The van der Waals surface area contributed by atoms with E-state index in [1.807, 2.05) is 6.92 Å². The van der Waals surface area contributed by atoms with Crippen molar-refractivity contribution in [2.75, 3.05) is 0 Å². The minimum Gasteiger partial charge on any atom is -0.323 e. The van der Waals surface area contributed by atoms with Crippen LogP contribution in [0, 0.1) is 12.5 Å². The standard InChI is InChI=1S/C6H7FN2/c1-2-9-5-8-4-6(9)3-7/h2-3H2,1H3. The molecule has 1 rings (SSSR count). The Bertz CT molecular complexity index is 164. The highest BCUT2D eigenvalue weighted by Gasteiger charge is 1.98. The largest absolute Gasteiger partial charge is 0.323 e. The van der Waals surface area contributed by atoms with Crippen molar-refractivity contribution in [2.24, 2.45) is 0 Å². The zero-order valence-corrected chi connectivity index (χ0v) is 5.19. The van der Waals surface area contributed by atoms with Crippen LogP contribution in [-0.2, 0) is 13.2 Å². The first-order valence-electron chi connectivity index (χ1n) is 2.79. The predicted octanol–water partition coefficient (Wildman–Crippen LogP) is 0.973. The average Bonchev–Trinajstić information content (AvgIpc) is 2.33. The van der Waals surface area contributed by atoms with Crippen molar-refractivity contribution >= 4 is 0 Å². The minimum atomic E-state index is -0.510. The van der Waals surface area contributed by atoms with Gasteiger partial charge in [-0.2, -0.15) is 0 Å². The van der Waals surface area contributed by atoms with Gasteiger partial charge in [0, 0.05) is 6.54 Å². The van der Waals surface area contributed by atoms with Crippen LogP contribution in [-0.4, -0.2) is 9.55 Å². The van der Waals surface area contributed by atoms with Gasteiger partial charge in [-0.25, -0.2) is 9.37 Å². The predicted molar refractivity (Wildman–Crippen MR) is 30.4 cm³/mol. The second-order valence-electron chi connectivity index (χ2n) is 1.65. The lowest BCUT2D eigenvalue weighted by Crippen LogP contribution is -1.96. The highest BCUT2D eigenvalue weighted by molar-refractivity contribution is 4.92. The topological polar surface area (TPSA) is 17.8 Å². The van der Waals surface area contributed by atoms with Crippen LogP contribution >= 0.6 is 0 Å². The molecule has 0 spiro atoms. The van der Waals surface area contributed by atoms with Gasteiger partial charge in [0.2, 0.25) is 0 Å². The van der Waals surface area contributed by atoms with Crippen LogP contribution in [0.25, 0.3) is 0 Å². The summed E-state index contributed by atoms with van der Waals surface area (Å²) in [7, 11) is 0. The van der Waals surface area contributed by atoms with Gasteiger partial charge in [0.15, 0.2) is 6.33 Å². The van der Waals surface area contributed by atoms with Crippen molar-refractivity contribution in [3.05, 3.63) is 18.2 Å². The fourth-order valence-corrected chi connectivity index (χ4v) is 0.634. The van der Waals surface area contributed by atoms with Gasteiger partial charge < -0.3 is 4.57 Å². The zero-order valence-electron chi connectivity index (χ0n) is 5.19. The highest BCUT2D eigenvalue weighted by atomic mass is 19.1. The molecule has 9 heavy (non-hydrogen) atoms. The Kier molecular flexibility index (Phi) is 1.82. The van der Waals surface area contributed by atoms with Crippen LogP contribution < -0.4 is 0 Å². The van der Waals surface area contributed by atoms with Crippen molar-refractivity contribution in [3.8, 4) is 0 Å². The summed E-state index contributed by atoms with van der Waals surface area (Å²) >= 11 is 0. The van der Waals surface area contributed by atoms with E-state index in [4.69, 9.17) is 0 Å². The number of aromatic nitrogens is 2. The number of halogens is 1. The monoisotopic (exact) mass is 126 g/mol. The molecule has 0 saturated carbocycles. The molecule has 1 heterocycles. The van der Waals surface area contributed by atoms with Crippen molar-refractivity contribution in [2.45, 2.75) is 20.1 Å². The van der Waals surface area contributed by atoms with Crippen LogP contribution in [0.4, 0.5) is 4.39 Å². The molecular weight excluding hydrogens is 119 g/mol. The molecule has 0 aromatic carbocycles. The third-order valence-electron chi connectivity index (χ3n) is 1.12. The SMILES string of the molecule is CCn1[c]n[c]c1CF. The third kappa shape index (κ3) is 1.09. The number of hydrogen-bond donors (Lipinski definition) is 0. The molecule has 0 N–H and O–H groups in total. The van der Waals surface area contributed by atoms with Gasteiger partial charge in [0.1, 0.15) is 12.9 Å². The lowest BCUT2D eigenvalue weighted by Gasteiger charge is -1.96. The van der Waals surface area contributed by atoms with E-state index in [0.717, 1.165) is 0 Å². The smallest absolute Gasteiger partial charge is 0.177 e. The van der Waals surface area contributed by atoms with Crippen LogP contribution in [0.1, 0.15) is 12.6 Å². The van der Waals surface area contributed by atoms with Crippen molar-refractivity contribution in [3.63, 3.8) is 0 Å². The molecule has 3 heteroatoms. The number of aryl methyl sites for hydroxylation is 1. The first-order chi connectivity index (χ1) is 4.38. The maximum Gasteiger partial charge on any atom is 0.177 e. The van der Waals surface area contributed by atoms with Crippen LogP contribution in [0.15, 0.2) is 0 Å². The lowest BCUT2D eigenvalue weighted by molar-refractivity contribution is 0.458. The van der Waals surface area contributed by atoms with E-state index >= 15 is 0 Å². The molecule has 0 atom stereocenters. The molecule has 2 radical (unpaired) electrons. The maximum atomic E-state index is 11.9. The first kappa shape index (κ1) is 6.26. The van der Waals surface area contributed by atoms with Crippen LogP contribution in [0.3, 0.4) is 0 Å². The first-order valence-corrected chi connectivity index (χ1v) is 2.79. The normalized spacial score (nSPS) is 10.0. The van der Waals surface area contributed by atoms with Crippen LogP contribution in [0.5, 0.6) is 0 Å². The Morgan fingerprint density at radius 2 is 2.56 bits per heavy atom. The fraction of sp³-hybridized carbons (Fsp3) is 0.500. The molecule has 1 aromatic heterocycles. The third-order valence-corrected chi connectivity index (χ3v) is 1.12. The van der Waals surface area contributed by atoms with Gasteiger partial charge in [-0.15, -0.1) is 0 Å². The Labute approximate surface area is 53.3 Å². The van der Waals surface area contributed by atoms with Gasteiger partial charge in [0.05, 0.1) is 5.69 Å². The van der Waals surface area contributed by atoms with Gasteiger partial charge in [-0.05, 0) is 6.92 Å². The molecule has 0 amide bonds. The Morgan fingerprint density at radius 3 is 3.00 bits per heavy atom. The Hall–Kier alpha value is -0.860. The van der Waals surface area contributed by atoms with E-state index < -0.39 is 6.67 Å². The summed E-state index contributed by atoms with van der Waals surface area (Å²) in [6, 6.07) is 0. The van der Waals surface area contributed by atoms with Gasteiger partial charge in [-0.1, -0.05) is 0 Å². The molecule has 0 aliphatic carbocycles. The number of nitrogens with zero attached hydrogens (tertiary/aromatic N) is 2. The fourth-order valence-electron chi connectivity index (χ4n) is 0.634. The maximum absolute atomic E-state index is 11.9.